The molecule has 82 valence electrons. The van der Waals surface area contributed by atoms with E-state index in [-0.39, 0.29) is 5.56 Å². The van der Waals surface area contributed by atoms with Gasteiger partial charge in [0.1, 0.15) is 5.82 Å². The van der Waals surface area contributed by atoms with Gasteiger partial charge in [-0.1, -0.05) is 6.07 Å². The van der Waals surface area contributed by atoms with E-state index in [0.717, 1.165) is 6.07 Å². The number of primary amides is 1. The van der Waals surface area contributed by atoms with Gasteiger partial charge in [0, 0.05) is 30.8 Å². The van der Waals surface area contributed by atoms with Gasteiger partial charge in [0.2, 0.25) is 5.91 Å². The van der Waals surface area contributed by atoms with E-state index >= 15 is 0 Å². The van der Waals surface area contributed by atoms with Gasteiger partial charge in [-0.15, -0.1) is 0 Å². The zero-order valence-corrected chi connectivity index (χ0v) is 8.29. The monoisotopic (exact) mass is 211 g/mol. The van der Waals surface area contributed by atoms with Crippen LogP contribution in [0, 0.1) is 5.82 Å². The van der Waals surface area contributed by atoms with E-state index in [2.05, 4.69) is 5.32 Å². The molecule has 0 atom stereocenters. The Balaban J connectivity index is 2.70. The summed E-state index contributed by atoms with van der Waals surface area (Å²) < 4.78 is 13.4. The van der Waals surface area contributed by atoms with Crippen molar-refractivity contribution in [2.75, 3.05) is 13.1 Å². The number of nitrogens with one attached hydrogen (secondary N) is 1. The molecule has 5 heteroatoms. The molecule has 0 fully saturated rings. The predicted octanol–water partition coefficient (Wildman–Crippen LogP) is -0.0271. The number of amides is 1. The molecule has 15 heavy (non-hydrogen) atoms. The number of nitrogens with two attached hydrogens (primary N) is 2. The average molecular weight is 211 g/mol. The summed E-state index contributed by atoms with van der Waals surface area (Å²) in [7, 11) is 0. The maximum absolute atomic E-state index is 13.4. The largest absolute Gasteiger partial charge is 0.366 e. The summed E-state index contributed by atoms with van der Waals surface area (Å²) in [6.45, 7) is 1.51. The molecule has 4 nitrogen and oxygen atoms in total. The van der Waals surface area contributed by atoms with Gasteiger partial charge in [-0.05, 0) is 12.1 Å². The molecule has 0 heterocycles. The van der Waals surface area contributed by atoms with Crippen LogP contribution in [-0.4, -0.2) is 19.0 Å². The van der Waals surface area contributed by atoms with E-state index in [4.69, 9.17) is 11.5 Å². The van der Waals surface area contributed by atoms with Gasteiger partial charge in [-0.2, -0.15) is 0 Å². The summed E-state index contributed by atoms with van der Waals surface area (Å²) in [5.74, 6) is -1.06. The average Bonchev–Trinajstić information content (AvgIpc) is 2.20. The van der Waals surface area contributed by atoms with Crippen LogP contribution >= 0.6 is 0 Å². The number of benzene rings is 1. The van der Waals surface area contributed by atoms with E-state index in [1.807, 2.05) is 0 Å². The van der Waals surface area contributed by atoms with E-state index < -0.39 is 11.7 Å². The van der Waals surface area contributed by atoms with E-state index in [0.29, 0.717) is 25.2 Å². The summed E-state index contributed by atoms with van der Waals surface area (Å²) in [4.78, 5) is 10.7. The Hall–Kier alpha value is -1.46. The number of hydrogen-bond donors (Lipinski definition) is 3. The highest BCUT2D eigenvalue weighted by molar-refractivity contribution is 5.92. The van der Waals surface area contributed by atoms with E-state index in [9.17, 15) is 9.18 Å². The predicted molar refractivity (Wildman–Crippen MR) is 55.7 cm³/mol. The third kappa shape index (κ3) is 3.30. The van der Waals surface area contributed by atoms with Gasteiger partial charge < -0.3 is 16.8 Å². The first-order valence-corrected chi connectivity index (χ1v) is 4.64. The van der Waals surface area contributed by atoms with E-state index in [1.54, 1.807) is 6.07 Å². The minimum Gasteiger partial charge on any atom is -0.366 e. The van der Waals surface area contributed by atoms with Gasteiger partial charge in [0.15, 0.2) is 0 Å². The number of hydrogen-bond acceptors (Lipinski definition) is 3. The maximum atomic E-state index is 13.4. The SMILES string of the molecule is NCCNCc1ccc(C(N)=O)cc1F. The van der Waals surface area contributed by atoms with Gasteiger partial charge >= 0.3 is 0 Å². The molecule has 0 aliphatic rings. The van der Waals surface area contributed by atoms with Crippen molar-refractivity contribution in [3.8, 4) is 0 Å². The third-order valence-electron chi connectivity index (χ3n) is 1.97. The fourth-order valence-electron chi connectivity index (χ4n) is 1.17. The van der Waals surface area contributed by atoms with Crippen LogP contribution in [0.4, 0.5) is 4.39 Å². The zero-order chi connectivity index (χ0) is 11.3. The zero-order valence-electron chi connectivity index (χ0n) is 8.29. The van der Waals surface area contributed by atoms with Gasteiger partial charge in [-0.25, -0.2) is 4.39 Å². The van der Waals surface area contributed by atoms with E-state index in [1.165, 1.54) is 6.07 Å². The summed E-state index contributed by atoms with van der Waals surface area (Å²) in [5, 5.41) is 2.96. The Bertz CT molecular complexity index is 355. The molecule has 1 aromatic carbocycles. The summed E-state index contributed by atoms with van der Waals surface area (Å²) >= 11 is 0. The Morgan fingerprint density at radius 2 is 2.20 bits per heavy atom. The smallest absolute Gasteiger partial charge is 0.248 e. The van der Waals surface area contributed by atoms with Crippen LogP contribution in [-0.2, 0) is 6.54 Å². The molecular formula is C10H14FN3O. The second kappa shape index (κ2) is 5.43. The molecule has 0 radical (unpaired) electrons. The van der Waals surface area contributed by atoms with Crippen molar-refractivity contribution in [3.05, 3.63) is 35.1 Å². The lowest BCUT2D eigenvalue weighted by Crippen LogP contribution is -2.22. The standard InChI is InChI=1S/C10H14FN3O/c11-9-5-7(10(13)15)1-2-8(9)6-14-4-3-12/h1-2,5,14H,3-4,6,12H2,(H2,13,15). The fraction of sp³-hybridized carbons (Fsp3) is 0.300. The highest BCUT2D eigenvalue weighted by atomic mass is 19.1. The number of carbonyl (C=O) groups excluding carboxylic acids is 1. The van der Waals surface area contributed by atoms with Crippen molar-refractivity contribution >= 4 is 5.91 Å². The molecule has 0 unspecified atom stereocenters. The molecule has 1 rings (SSSR count). The maximum Gasteiger partial charge on any atom is 0.248 e. The Morgan fingerprint density at radius 1 is 1.47 bits per heavy atom. The number of halogens is 1. The van der Waals surface area contributed by atoms with Crippen LogP contribution in [0.25, 0.3) is 0 Å². The minimum absolute atomic E-state index is 0.176. The molecule has 0 saturated heterocycles. The third-order valence-corrected chi connectivity index (χ3v) is 1.97. The molecule has 0 bridgehead atoms. The van der Waals surface area contributed by atoms with Crippen molar-refractivity contribution in [2.24, 2.45) is 11.5 Å². The molecule has 0 spiro atoms. The molecule has 1 aromatic rings. The topological polar surface area (TPSA) is 81.1 Å². The Kier molecular flexibility index (Phi) is 4.20. The first-order valence-electron chi connectivity index (χ1n) is 4.64. The van der Waals surface area contributed by atoms with Crippen LogP contribution in [0.2, 0.25) is 0 Å². The van der Waals surface area contributed by atoms with Crippen molar-refractivity contribution in [1.29, 1.82) is 0 Å². The lowest BCUT2D eigenvalue weighted by Gasteiger charge is -2.05. The Morgan fingerprint density at radius 3 is 2.73 bits per heavy atom. The molecule has 0 aliphatic heterocycles. The molecule has 5 N–H and O–H groups in total. The first-order chi connectivity index (χ1) is 7.15. The normalized spacial score (nSPS) is 10.3. The van der Waals surface area contributed by atoms with Crippen molar-refractivity contribution in [1.82, 2.24) is 5.32 Å². The number of rotatable bonds is 5. The first kappa shape index (κ1) is 11.6. The highest BCUT2D eigenvalue weighted by Crippen LogP contribution is 2.09. The fourth-order valence-corrected chi connectivity index (χ4v) is 1.17. The van der Waals surface area contributed by atoms with Gasteiger partial charge in [0.05, 0.1) is 0 Å². The highest BCUT2D eigenvalue weighted by Gasteiger charge is 2.06. The Labute approximate surface area is 87.4 Å². The van der Waals surface area contributed by atoms with Crippen LogP contribution in [0.3, 0.4) is 0 Å². The van der Waals surface area contributed by atoms with Crippen molar-refractivity contribution in [2.45, 2.75) is 6.54 Å². The van der Waals surface area contributed by atoms with Gasteiger partial charge in [-0.3, -0.25) is 4.79 Å². The molecular weight excluding hydrogens is 197 g/mol. The van der Waals surface area contributed by atoms with Crippen molar-refractivity contribution in [3.63, 3.8) is 0 Å². The summed E-state index contributed by atoms with van der Waals surface area (Å²) in [6.07, 6.45) is 0. The molecule has 0 saturated carbocycles. The second-order valence-electron chi connectivity index (χ2n) is 3.14. The van der Waals surface area contributed by atoms with Crippen LogP contribution < -0.4 is 16.8 Å². The molecule has 0 aliphatic carbocycles. The quantitative estimate of drug-likeness (QED) is 0.598. The summed E-state index contributed by atoms with van der Waals surface area (Å²) in [5.41, 5.74) is 11.0. The van der Waals surface area contributed by atoms with Crippen LogP contribution in [0.15, 0.2) is 18.2 Å². The minimum atomic E-state index is -0.629. The lowest BCUT2D eigenvalue weighted by atomic mass is 10.1. The lowest BCUT2D eigenvalue weighted by molar-refractivity contribution is 0.1000. The van der Waals surface area contributed by atoms with Gasteiger partial charge in [0.25, 0.3) is 0 Å². The summed E-state index contributed by atoms with van der Waals surface area (Å²) in [6, 6.07) is 4.19. The molecule has 1 amide bonds. The van der Waals surface area contributed by atoms with Crippen LogP contribution in [0.1, 0.15) is 15.9 Å². The van der Waals surface area contributed by atoms with Crippen molar-refractivity contribution < 1.29 is 9.18 Å². The molecule has 0 aromatic heterocycles. The van der Waals surface area contributed by atoms with Crippen LogP contribution in [0.5, 0.6) is 0 Å². The second-order valence-corrected chi connectivity index (χ2v) is 3.14. The number of carbonyl (C=O) groups is 1.